The molecule has 0 atom stereocenters. The van der Waals surface area contributed by atoms with E-state index in [9.17, 15) is 4.79 Å². The molecular weight excluding hydrogens is 288 g/mol. The summed E-state index contributed by atoms with van der Waals surface area (Å²) in [6, 6.07) is 5.91. The summed E-state index contributed by atoms with van der Waals surface area (Å²) in [5.74, 6) is 0.882. The van der Waals surface area contributed by atoms with Gasteiger partial charge in [-0.3, -0.25) is 4.79 Å². The van der Waals surface area contributed by atoms with Crippen molar-refractivity contribution in [2.45, 2.75) is 40.0 Å². The Balaban J connectivity index is 1.94. The lowest BCUT2D eigenvalue weighted by Crippen LogP contribution is -2.18. The topological polar surface area (TPSA) is 80.9 Å². The number of carbonyl (C=O) groups is 1. The van der Waals surface area contributed by atoms with E-state index in [2.05, 4.69) is 10.3 Å². The molecule has 120 valence electrons. The first-order valence-electron chi connectivity index (χ1n) is 8.00. The standard InChI is InChI=1S/C18H22N4O/c1-10(2)8-16(23)22-18-11(3)20-17-14-6-5-13(19)9-12(14)4-7-15(17)21-18/h5-6,9-10H,4,7-8,19H2,1-3H3,(H,21,22,23). The molecule has 2 aromatic rings. The first-order chi connectivity index (χ1) is 10.9. The normalized spacial score (nSPS) is 12.7. The molecule has 0 bridgehead atoms. The number of nitrogens with one attached hydrogen (secondary N) is 1. The largest absolute Gasteiger partial charge is 0.399 e. The Labute approximate surface area is 136 Å². The van der Waals surface area contributed by atoms with Crippen molar-refractivity contribution in [1.29, 1.82) is 0 Å². The van der Waals surface area contributed by atoms with Crippen LogP contribution in [0.5, 0.6) is 0 Å². The molecule has 1 aliphatic rings. The van der Waals surface area contributed by atoms with Crippen molar-refractivity contribution in [3.63, 3.8) is 0 Å². The van der Waals surface area contributed by atoms with Crippen LogP contribution >= 0.6 is 0 Å². The van der Waals surface area contributed by atoms with Gasteiger partial charge in [0, 0.05) is 17.7 Å². The molecule has 0 fully saturated rings. The van der Waals surface area contributed by atoms with Crippen molar-refractivity contribution in [1.82, 2.24) is 9.97 Å². The van der Waals surface area contributed by atoms with Crippen LogP contribution in [-0.2, 0) is 17.6 Å². The monoisotopic (exact) mass is 310 g/mol. The van der Waals surface area contributed by atoms with Crippen LogP contribution in [0.3, 0.4) is 0 Å². The summed E-state index contributed by atoms with van der Waals surface area (Å²) in [6.07, 6.45) is 2.19. The molecule has 5 nitrogen and oxygen atoms in total. The Morgan fingerprint density at radius 3 is 2.83 bits per heavy atom. The molecule has 3 N–H and O–H groups in total. The maximum atomic E-state index is 12.0. The van der Waals surface area contributed by atoms with E-state index in [1.807, 2.05) is 39.0 Å². The third-order valence-electron chi connectivity index (χ3n) is 4.01. The molecule has 1 aromatic heterocycles. The van der Waals surface area contributed by atoms with Crippen LogP contribution in [0.1, 0.15) is 37.2 Å². The second-order valence-electron chi connectivity index (χ2n) is 6.52. The van der Waals surface area contributed by atoms with E-state index in [-0.39, 0.29) is 5.91 Å². The molecule has 23 heavy (non-hydrogen) atoms. The zero-order valence-corrected chi connectivity index (χ0v) is 13.8. The minimum absolute atomic E-state index is 0.0127. The second-order valence-corrected chi connectivity index (χ2v) is 6.52. The summed E-state index contributed by atoms with van der Waals surface area (Å²) in [6.45, 7) is 5.92. The highest BCUT2D eigenvalue weighted by molar-refractivity contribution is 5.90. The number of nitrogens with two attached hydrogens (primary N) is 1. The number of nitrogen functional groups attached to an aromatic ring is 1. The lowest BCUT2D eigenvalue weighted by molar-refractivity contribution is -0.116. The number of anilines is 2. The van der Waals surface area contributed by atoms with Gasteiger partial charge in [0.1, 0.15) is 0 Å². The molecule has 0 spiro atoms. The van der Waals surface area contributed by atoms with E-state index in [4.69, 9.17) is 10.7 Å². The first-order valence-corrected chi connectivity index (χ1v) is 8.00. The van der Waals surface area contributed by atoms with Crippen molar-refractivity contribution < 1.29 is 4.79 Å². The number of aromatic nitrogens is 2. The smallest absolute Gasteiger partial charge is 0.225 e. The van der Waals surface area contributed by atoms with E-state index in [0.29, 0.717) is 18.2 Å². The number of aryl methyl sites for hydroxylation is 3. The van der Waals surface area contributed by atoms with Gasteiger partial charge in [0.2, 0.25) is 5.91 Å². The maximum Gasteiger partial charge on any atom is 0.225 e. The van der Waals surface area contributed by atoms with Crippen LogP contribution in [0.15, 0.2) is 18.2 Å². The van der Waals surface area contributed by atoms with Gasteiger partial charge in [-0.25, -0.2) is 9.97 Å². The fraction of sp³-hybridized carbons (Fsp3) is 0.389. The third kappa shape index (κ3) is 3.18. The second kappa shape index (κ2) is 5.99. The average Bonchev–Trinajstić information content (AvgIpc) is 2.47. The summed E-state index contributed by atoms with van der Waals surface area (Å²) in [4.78, 5) is 21.3. The van der Waals surface area contributed by atoms with Crippen LogP contribution in [0.25, 0.3) is 11.3 Å². The molecule has 1 aromatic carbocycles. The van der Waals surface area contributed by atoms with Crippen LogP contribution < -0.4 is 11.1 Å². The van der Waals surface area contributed by atoms with Gasteiger partial charge < -0.3 is 11.1 Å². The van der Waals surface area contributed by atoms with Gasteiger partial charge in [-0.1, -0.05) is 19.9 Å². The molecule has 1 aliphatic carbocycles. The van der Waals surface area contributed by atoms with Crippen LogP contribution in [0.2, 0.25) is 0 Å². The van der Waals surface area contributed by atoms with Gasteiger partial charge in [0.25, 0.3) is 0 Å². The van der Waals surface area contributed by atoms with E-state index >= 15 is 0 Å². The van der Waals surface area contributed by atoms with E-state index in [0.717, 1.165) is 41.2 Å². The Hall–Kier alpha value is -2.43. The Morgan fingerprint density at radius 2 is 2.09 bits per heavy atom. The number of hydrogen-bond acceptors (Lipinski definition) is 4. The maximum absolute atomic E-state index is 12.0. The van der Waals surface area contributed by atoms with Gasteiger partial charge >= 0.3 is 0 Å². The number of hydrogen-bond donors (Lipinski definition) is 2. The van der Waals surface area contributed by atoms with Crippen molar-refractivity contribution in [3.05, 3.63) is 35.2 Å². The highest BCUT2D eigenvalue weighted by Crippen LogP contribution is 2.33. The average molecular weight is 310 g/mol. The molecule has 0 unspecified atom stereocenters. The van der Waals surface area contributed by atoms with Crippen LogP contribution in [0, 0.1) is 12.8 Å². The quantitative estimate of drug-likeness (QED) is 0.854. The zero-order chi connectivity index (χ0) is 16.6. The number of benzene rings is 1. The number of carbonyl (C=O) groups excluding carboxylic acids is 1. The molecule has 5 heteroatoms. The number of fused-ring (bicyclic) bond motifs is 3. The van der Waals surface area contributed by atoms with Gasteiger partial charge in [0.15, 0.2) is 5.82 Å². The van der Waals surface area contributed by atoms with E-state index in [1.54, 1.807) is 0 Å². The van der Waals surface area contributed by atoms with Gasteiger partial charge in [-0.15, -0.1) is 0 Å². The molecule has 0 radical (unpaired) electrons. The summed E-state index contributed by atoms with van der Waals surface area (Å²) in [7, 11) is 0. The molecule has 1 heterocycles. The minimum Gasteiger partial charge on any atom is -0.399 e. The lowest BCUT2D eigenvalue weighted by Gasteiger charge is -2.20. The summed E-state index contributed by atoms with van der Waals surface area (Å²) in [5.41, 5.74) is 11.5. The predicted molar refractivity (Wildman–Crippen MR) is 92.1 cm³/mol. The Bertz CT molecular complexity index is 768. The zero-order valence-electron chi connectivity index (χ0n) is 13.8. The van der Waals surface area contributed by atoms with Gasteiger partial charge in [-0.2, -0.15) is 0 Å². The van der Waals surface area contributed by atoms with Crippen LogP contribution in [0.4, 0.5) is 11.5 Å². The number of nitrogens with zero attached hydrogens (tertiary/aromatic N) is 2. The van der Waals surface area contributed by atoms with Crippen LogP contribution in [-0.4, -0.2) is 15.9 Å². The fourth-order valence-electron chi connectivity index (χ4n) is 2.92. The van der Waals surface area contributed by atoms with Crippen molar-refractivity contribution in [3.8, 4) is 11.3 Å². The summed E-state index contributed by atoms with van der Waals surface area (Å²) >= 11 is 0. The van der Waals surface area contributed by atoms with E-state index < -0.39 is 0 Å². The van der Waals surface area contributed by atoms with Gasteiger partial charge in [-0.05, 0) is 43.4 Å². The summed E-state index contributed by atoms with van der Waals surface area (Å²) in [5, 5.41) is 2.89. The third-order valence-corrected chi connectivity index (χ3v) is 4.01. The predicted octanol–water partition coefficient (Wildman–Crippen LogP) is 3.12. The van der Waals surface area contributed by atoms with Crippen molar-refractivity contribution >= 4 is 17.4 Å². The number of rotatable bonds is 3. The minimum atomic E-state index is -0.0127. The highest BCUT2D eigenvalue weighted by atomic mass is 16.1. The summed E-state index contributed by atoms with van der Waals surface area (Å²) < 4.78 is 0. The molecular formula is C18H22N4O. The fourth-order valence-corrected chi connectivity index (χ4v) is 2.92. The van der Waals surface area contributed by atoms with Crippen molar-refractivity contribution in [2.24, 2.45) is 5.92 Å². The van der Waals surface area contributed by atoms with Crippen molar-refractivity contribution in [2.75, 3.05) is 11.1 Å². The molecule has 1 amide bonds. The molecule has 0 saturated carbocycles. The molecule has 0 saturated heterocycles. The Kier molecular flexibility index (Phi) is 4.03. The lowest BCUT2D eigenvalue weighted by atomic mass is 9.91. The first kappa shape index (κ1) is 15.5. The molecule has 3 rings (SSSR count). The molecule has 0 aliphatic heterocycles. The number of amides is 1. The Morgan fingerprint density at radius 1 is 1.30 bits per heavy atom. The highest BCUT2D eigenvalue weighted by Gasteiger charge is 2.21. The SMILES string of the molecule is Cc1nc2c(nc1NC(=O)CC(C)C)CCc1cc(N)ccc1-2. The van der Waals surface area contributed by atoms with E-state index in [1.165, 1.54) is 5.56 Å². The van der Waals surface area contributed by atoms with Gasteiger partial charge in [0.05, 0.1) is 17.1 Å².